The van der Waals surface area contributed by atoms with Gasteiger partial charge in [0.25, 0.3) is 0 Å². The lowest BCUT2D eigenvalue weighted by Gasteiger charge is -2.26. The standard InChI is InChI=1S/C29H38O8/c1-20(30)35-25-19-26(36-21(2)31)24(16-18-28(3,4)33)23(25)15-11-8-12-17-29(5,27(32)34-6)37-22-13-9-7-10-14-22/h7,9-14,16,18,23-26,33H,15,17,19H2,1-6H3/t8?,23-,24-,25+,26-,29?/m1/s1/i33+0. The van der Waals surface area contributed by atoms with Crippen LogP contribution in [-0.2, 0) is 28.6 Å². The second kappa shape index (κ2) is 13.3. The van der Waals surface area contributed by atoms with E-state index in [0.717, 1.165) is 0 Å². The van der Waals surface area contributed by atoms with Crippen molar-refractivity contribution in [1.82, 2.24) is 0 Å². The number of aliphatic hydroxyl groups is 1. The smallest absolute Gasteiger partial charge is 0.350 e. The molecule has 2 rings (SSSR count). The lowest BCUT2D eigenvalue weighted by atomic mass is 9.89. The van der Waals surface area contributed by atoms with Crippen molar-refractivity contribution in [1.29, 1.82) is 0 Å². The van der Waals surface area contributed by atoms with Crippen molar-refractivity contribution in [3.8, 4) is 5.75 Å². The molecule has 0 bridgehead atoms. The van der Waals surface area contributed by atoms with Crippen LogP contribution in [0.2, 0.25) is 0 Å². The molecule has 0 amide bonds. The summed E-state index contributed by atoms with van der Waals surface area (Å²) in [4.78, 5) is 35.9. The van der Waals surface area contributed by atoms with Gasteiger partial charge in [0.2, 0.25) is 5.60 Å². The third kappa shape index (κ3) is 9.56. The molecule has 1 unspecified atom stereocenters. The number of methoxy groups -OCH3 is 1. The number of carbonyl (C=O) groups excluding carboxylic acids is 3. The fraction of sp³-hybridized carbons (Fsp3) is 0.517. The zero-order chi connectivity index (χ0) is 27.6. The van der Waals surface area contributed by atoms with Gasteiger partial charge in [-0.05, 0) is 51.5 Å². The Hall–Kier alpha value is -3.35. The first-order valence-corrected chi connectivity index (χ1v) is 12.3. The Morgan fingerprint density at radius 3 is 2.22 bits per heavy atom. The summed E-state index contributed by atoms with van der Waals surface area (Å²) in [6, 6.07) is 9.01. The predicted molar refractivity (Wildman–Crippen MR) is 138 cm³/mol. The lowest BCUT2D eigenvalue weighted by Crippen LogP contribution is -2.42. The SMILES string of the molecule is COC(=O)C(C)(CC=C=CC[C@@H]1[C@@H](C=CC(C)(C)[16OH])[C@H](OC(C)=O)C[C@@H]1OC(C)=O)Oc1ccccc1. The minimum Gasteiger partial charge on any atom is -0.476 e. The third-order valence-corrected chi connectivity index (χ3v) is 6.05. The average Bonchev–Trinajstić information content (AvgIpc) is 3.11. The zero-order valence-electron chi connectivity index (χ0n) is 22.4. The molecule has 8 heteroatoms. The van der Waals surface area contributed by atoms with E-state index in [1.165, 1.54) is 21.0 Å². The van der Waals surface area contributed by atoms with Gasteiger partial charge >= 0.3 is 17.9 Å². The fourth-order valence-corrected chi connectivity index (χ4v) is 4.37. The molecule has 0 heterocycles. The lowest BCUT2D eigenvalue weighted by molar-refractivity contribution is -0.157. The van der Waals surface area contributed by atoms with Crippen LogP contribution in [0.5, 0.6) is 5.75 Å². The highest BCUT2D eigenvalue weighted by molar-refractivity contribution is 5.79. The molecule has 1 aliphatic rings. The van der Waals surface area contributed by atoms with Crippen LogP contribution in [0, 0.1) is 11.8 Å². The molecular formula is C29H38O8. The highest BCUT2D eigenvalue weighted by Gasteiger charge is 2.45. The monoisotopic (exact) mass is 514 g/mol. The van der Waals surface area contributed by atoms with Gasteiger partial charge in [0, 0.05) is 38.5 Å². The van der Waals surface area contributed by atoms with E-state index < -0.39 is 41.3 Å². The van der Waals surface area contributed by atoms with Crippen molar-refractivity contribution in [3.05, 3.63) is 60.4 Å². The highest BCUT2D eigenvalue weighted by Crippen LogP contribution is 2.40. The molecule has 37 heavy (non-hydrogen) atoms. The number of hydrogen-bond donors (Lipinski definition) is 1. The molecule has 202 valence electrons. The summed E-state index contributed by atoms with van der Waals surface area (Å²) in [5, 5.41) is 10.2. The molecule has 0 saturated heterocycles. The quantitative estimate of drug-likeness (QED) is 0.201. The number of rotatable bonds is 11. The third-order valence-electron chi connectivity index (χ3n) is 6.05. The molecule has 0 spiro atoms. The van der Waals surface area contributed by atoms with E-state index in [1.54, 1.807) is 51.1 Å². The molecule has 1 aromatic rings. The average molecular weight is 515 g/mol. The molecule has 0 aliphatic heterocycles. The van der Waals surface area contributed by atoms with Crippen molar-refractivity contribution < 1.29 is 38.4 Å². The van der Waals surface area contributed by atoms with Gasteiger partial charge in [0.15, 0.2) is 0 Å². The van der Waals surface area contributed by atoms with Crippen molar-refractivity contribution >= 4 is 17.9 Å². The summed E-state index contributed by atoms with van der Waals surface area (Å²) in [6.45, 7) is 7.63. The van der Waals surface area contributed by atoms with E-state index in [9.17, 15) is 19.5 Å². The molecule has 1 fully saturated rings. The van der Waals surface area contributed by atoms with E-state index in [0.29, 0.717) is 18.6 Å². The van der Waals surface area contributed by atoms with Crippen LogP contribution in [-0.4, -0.2) is 53.5 Å². The van der Waals surface area contributed by atoms with E-state index in [-0.39, 0.29) is 18.3 Å². The van der Waals surface area contributed by atoms with Gasteiger partial charge in [-0.1, -0.05) is 30.4 Å². The maximum atomic E-state index is 12.5. The van der Waals surface area contributed by atoms with Crippen LogP contribution in [0.3, 0.4) is 0 Å². The maximum Gasteiger partial charge on any atom is 0.350 e. The van der Waals surface area contributed by atoms with Gasteiger partial charge in [0.1, 0.15) is 18.0 Å². The minimum atomic E-state index is -1.25. The number of para-hydroxylation sites is 1. The van der Waals surface area contributed by atoms with Crippen molar-refractivity contribution in [2.45, 2.75) is 77.3 Å². The zero-order valence-corrected chi connectivity index (χ0v) is 22.4. The molecule has 1 aromatic carbocycles. The first kappa shape index (κ1) is 29.9. The minimum absolute atomic E-state index is 0.208. The largest absolute Gasteiger partial charge is 0.476 e. The van der Waals surface area contributed by atoms with Crippen LogP contribution >= 0.6 is 0 Å². The molecule has 1 aliphatic carbocycles. The summed E-state index contributed by atoms with van der Waals surface area (Å²) in [5.74, 6) is -1.30. The summed E-state index contributed by atoms with van der Waals surface area (Å²) >= 11 is 0. The first-order valence-electron chi connectivity index (χ1n) is 12.3. The van der Waals surface area contributed by atoms with Crippen molar-refractivity contribution in [2.75, 3.05) is 7.11 Å². The van der Waals surface area contributed by atoms with Crippen molar-refractivity contribution in [2.24, 2.45) is 11.8 Å². The van der Waals surface area contributed by atoms with Crippen LogP contribution < -0.4 is 4.74 Å². The van der Waals surface area contributed by atoms with Crippen molar-refractivity contribution in [3.63, 3.8) is 0 Å². The second-order valence-corrected chi connectivity index (χ2v) is 9.94. The van der Waals surface area contributed by atoms with Gasteiger partial charge < -0.3 is 24.1 Å². The van der Waals surface area contributed by atoms with Crippen LogP contribution in [0.15, 0.2) is 60.4 Å². The fourth-order valence-electron chi connectivity index (χ4n) is 4.37. The Morgan fingerprint density at radius 1 is 1.03 bits per heavy atom. The molecule has 0 aromatic heterocycles. The first-order chi connectivity index (χ1) is 17.3. The summed E-state index contributed by atoms with van der Waals surface area (Å²) in [6.07, 6.45) is 7.02. The molecule has 5 atom stereocenters. The van der Waals surface area contributed by atoms with E-state index in [2.05, 4.69) is 5.73 Å². The Labute approximate surface area is 218 Å². The van der Waals surface area contributed by atoms with Gasteiger partial charge in [0.05, 0.1) is 12.7 Å². The number of esters is 3. The molecule has 8 nitrogen and oxygen atoms in total. The Morgan fingerprint density at radius 2 is 1.65 bits per heavy atom. The van der Waals surface area contributed by atoms with Crippen LogP contribution in [0.4, 0.5) is 0 Å². The number of ether oxygens (including phenoxy) is 4. The number of carbonyl (C=O) groups is 3. The number of hydrogen-bond acceptors (Lipinski definition) is 8. The topological polar surface area (TPSA) is 108 Å². The van der Waals surface area contributed by atoms with Gasteiger partial charge in [-0.15, -0.1) is 5.73 Å². The van der Waals surface area contributed by atoms with E-state index in [1.807, 2.05) is 24.3 Å². The van der Waals surface area contributed by atoms with Crippen LogP contribution in [0.25, 0.3) is 0 Å². The maximum absolute atomic E-state index is 12.5. The normalized spacial score (nSPS) is 22.9. The van der Waals surface area contributed by atoms with Gasteiger partial charge in [-0.3, -0.25) is 9.59 Å². The van der Waals surface area contributed by atoms with E-state index in [4.69, 9.17) is 18.9 Å². The Bertz CT molecular complexity index is 1020. The molecular weight excluding hydrogens is 476 g/mol. The Balaban J connectivity index is 2.24. The van der Waals surface area contributed by atoms with Crippen LogP contribution in [0.1, 0.15) is 53.9 Å². The molecule has 1 N–H and O–H groups in total. The summed E-state index contributed by atoms with van der Waals surface area (Å²) < 4.78 is 22.0. The molecule has 1 saturated carbocycles. The van der Waals surface area contributed by atoms with E-state index >= 15 is 0 Å². The predicted octanol–water partition coefficient (Wildman–Crippen LogP) is 4.32. The second-order valence-electron chi connectivity index (χ2n) is 9.94. The van der Waals surface area contributed by atoms with Gasteiger partial charge in [-0.25, -0.2) is 4.79 Å². The summed E-state index contributed by atoms with van der Waals surface area (Å²) in [5.41, 5.74) is 0.791. The Kier molecular flexibility index (Phi) is 10.7. The van der Waals surface area contributed by atoms with Gasteiger partial charge in [-0.2, -0.15) is 0 Å². The number of benzene rings is 1. The summed E-state index contributed by atoms with van der Waals surface area (Å²) in [7, 11) is 1.31. The highest BCUT2D eigenvalue weighted by atomic mass is 16.6. The molecule has 0 radical (unpaired) electrons.